The van der Waals surface area contributed by atoms with E-state index < -0.39 is 0 Å². The van der Waals surface area contributed by atoms with Gasteiger partial charge in [0.15, 0.2) is 0 Å². The van der Waals surface area contributed by atoms with Gasteiger partial charge in [-0.25, -0.2) is 0 Å². The highest BCUT2D eigenvalue weighted by atomic mass is 35.5. The second-order valence-electron chi connectivity index (χ2n) is 4.36. The number of fused-ring (bicyclic) bond motifs is 1. The van der Waals surface area contributed by atoms with Crippen LogP contribution in [0.4, 0.5) is 5.69 Å². The molecule has 0 aliphatic carbocycles. The molecular formula is C11H12Cl2N4S. The number of hydrogen-bond donors (Lipinski definition) is 2. The number of halogens is 2. The molecule has 1 saturated heterocycles. The Bertz CT molecular complexity index is 565. The van der Waals surface area contributed by atoms with Crippen LogP contribution in [0.1, 0.15) is 12.8 Å². The summed E-state index contributed by atoms with van der Waals surface area (Å²) in [6, 6.07) is 2.10. The van der Waals surface area contributed by atoms with Crippen LogP contribution in [-0.2, 0) is 0 Å². The molecule has 1 aromatic carbocycles. The molecule has 96 valence electrons. The standard InChI is InChI=1S/C11H12Cl2N4S/c12-7-4-8(13)10-11(17-18-16-10)9(7)15-6-2-1-3-14-5-6/h4,6,14-15H,1-3,5H2. The molecule has 2 heterocycles. The van der Waals surface area contributed by atoms with E-state index in [0.717, 1.165) is 48.0 Å². The average Bonchev–Trinajstić information content (AvgIpc) is 2.85. The lowest BCUT2D eigenvalue weighted by Crippen LogP contribution is -2.38. The van der Waals surface area contributed by atoms with Crippen LogP contribution >= 0.6 is 34.9 Å². The fourth-order valence-electron chi connectivity index (χ4n) is 2.19. The van der Waals surface area contributed by atoms with E-state index in [4.69, 9.17) is 23.2 Å². The summed E-state index contributed by atoms with van der Waals surface area (Å²) in [5.41, 5.74) is 2.33. The third kappa shape index (κ3) is 2.28. The molecule has 1 aromatic heterocycles. The van der Waals surface area contributed by atoms with Gasteiger partial charge in [-0.15, -0.1) is 0 Å². The summed E-state index contributed by atoms with van der Waals surface area (Å²) in [4.78, 5) is 0. The molecule has 0 amide bonds. The molecule has 2 N–H and O–H groups in total. The molecule has 1 aliphatic rings. The van der Waals surface area contributed by atoms with Gasteiger partial charge in [0, 0.05) is 12.6 Å². The zero-order valence-electron chi connectivity index (χ0n) is 9.54. The number of benzene rings is 1. The largest absolute Gasteiger partial charge is 0.378 e. The topological polar surface area (TPSA) is 49.8 Å². The number of nitrogens with zero attached hydrogens (tertiary/aromatic N) is 2. The summed E-state index contributed by atoms with van der Waals surface area (Å²) in [7, 11) is 0. The quantitative estimate of drug-likeness (QED) is 0.895. The molecule has 0 saturated carbocycles. The van der Waals surface area contributed by atoms with Crippen LogP contribution in [0, 0.1) is 0 Å². The van der Waals surface area contributed by atoms with Gasteiger partial charge in [-0.3, -0.25) is 0 Å². The molecule has 1 fully saturated rings. The number of nitrogens with one attached hydrogen (secondary N) is 2. The van der Waals surface area contributed by atoms with Crippen molar-refractivity contribution in [3.63, 3.8) is 0 Å². The lowest BCUT2D eigenvalue weighted by Gasteiger charge is -2.25. The van der Waals surface area contributed by atoms with Crippen LogP contribution in [0.5, 0.6) is 0 Å². The van der Waals surface area contributed by atoms with Crippen molar-refractivity contribution in [2.45, 2.75) is 18.9 Å². The minimum atomic E-state index is 0.377. The van der Waals surface area contributed by atoms with E-state index in [1.165, 1.54) is 6.42 Å². The van der Waals surface area contributed by atoms with Crippen molar-refractivity contribution in [2.24, 2.45) is 0 Å². The van der Waals surface area contributed by atoms with Gasteiger partial charge in [0.1, 0.15) is 11.0 Å². The second kappa shape index (κ2) is 5.17. The van der Waals surface area contributed by atoms with Crippen LogP contribution in [-0.4, -0.2) is 27.9 Å². The summed E-state index contributed by atoms with van der Waals surface area (Å²) < 4.78 is 8.48. The van der Waals surface area contributed by atoms with Crippen molar-refractivity contribution in [3.8, 4) is 0 Å². The summed E-state index contributed by atoms with van der Waals surface area (Å²) in [6.45, 7) is 2.03. The number of piperidine rings is 1. The van der Waals surface area contributed by atoms with E-state index in [1.807, 2.05) is 0 Å². The number of anilines is 1. The Hall–Kier alpha value is -0.620. The molecule has 7 heteroatoms. The highest BCUT2D eigenvalue weighted by Gasteiger charge is 2.18. The normalized spacial score (nSPS) is 20.2. The van der Waals surface area contributed by atoms with Crippen molar-refractivity contribution in [2.75, 3.05) is 18.4 Å². The first-order chi connectivity index (χ1) is 8.75. The Labute approximate surface area is 119 Å². The van der Waals surface area contributed by atoms with Crippen molar-refractivity contribution >= 4 is 51.7 Å². The number of hydrogen-bond acceptors (Lipinski definition) is 5. The first-order valence-electron chi connectivity index (χ1n) is 5.83. The molecule has 3 rings (SSSR count). The Balaban J connectivity index is 1.97. The summed E-state index contributed by atoms with van der Waals surface area (Å²) in [6.07, 6.45) is 2.30. The van der Waals surface area contributed by atoms with Crippen LogP contribution in [0.15, 0.2) is 6.07 Å². The lowest BCUT2D eigenvalue weighted by molar-refractivity contribution is 0.480. The molecular weight excluding hydrogens is 291 g/mol. The SMILES string of the molecule is Clc1cc(Cl)c2nsnc2c1NC1CCCNC1. The molecule has 1 unspecified atom stereocenters. The van der Waals surface area contributed by atoms with E-state index in [9.17, 15) is 0 Å². The van der Waals surface area contributed by atoms with E-state index in [2.05, 4.69) is 19.4 Å². The Kier molecular flexibility index (Phi) is 3.56. The summed E-state index contributed by atoms with van der Waals surface area (Å²) in [5, 5.41) is 7.97. The molecule has 18 heavy (non-hydrogen) atoms. The molecule has 1 atom stereocenters. The number of rotatable bonds is 2. The fraction of sp³-hybridized carbons (Fsp3) is 0.455. The van der Waals surface area contributed by atoms with Crippen LogP contribution < -0.4 is 10.6 Å². The molecule has 2 aromatic rings. The van der Waals surface area contributed by atoms with Gasteiger partial charge in [-0.2, -0.15) is 8.75 Å². The van der Waals surface area contributed by atoms with E-state index in [1.54, 1.807) is 6.07 Å². The van der Waals surface area contributed by atoms with Gasteiger partial charge >= 0.3 is 0 Å². The number of aromatic nitrogens is 2. The third-order valence-electron chi connectivity index (χ3n) is 3.09. The average molecular weight is 303 g/mol. The van der Waals surface area contributed by atoms with Crippen molar-refractivity contribution < 1.29 is 0 Å². The highest BCUT2D eigenvalue weighted by Crippen LogP contribution is 2.35. The van der Waals surface area contributed by atoms with Gasteiger partial charge in [0.05, 0.1) is 27.5 Å². The fourth-order valence-corrected chi connectivity index (χ4v) is 3.36. The minimum Gasteiger partial charge on any atom is -0.378 e. The minimum absolute atomic E-state index is 0.377. The van der Waals surface area contributed by atoms with Gasteiger partial charge < -0.3 is 10.6 Å². The van der Waals surface area contributed by atoms with Crippen LogP contribution in [0.2, 0.25) is 10.0 Å². The predicted molar refractivity (Wildman–Crippen MR) is 76.9 cm³/mol. The molecule has 0 radical (unpaired) electrons. The first-order valence-corrected chi connectivity index (χ1v) is 7.32. The van der Waals surface area contributed by atoms with E-state index in [-0.39, 0.29) is 0 Å². The monoisotopic (exact) mass is 302 g/mol. The highest BCUT2D eigenvalue weighted by molar-refractivity contribution is 7.00. The second-order valence-corrected chi connectivity index (χ2v) is 5.71. The van der Waals surface area contributed by atoms with Gasteiger partial charge in [-0.1, -0.05) is 23.2 Å². The molecule has 1 aliphatic heterocycles. The maximum absolute atomic E-state index is 6.25. The van der Waals surface area contributed by atoms with Crippen LogP contribution in [0.25, 0.3) is 11.0 Å². The lowest BCUT2D eigenvalue weighted by atomic mass is 10.1. The van der Waals surface area contributed by atoms with Gasteiger partial charge in [0.2, 0.25) is 0 Å². The Morgan fingerprint density at radius 2 is 2.11 bits per heavy atom. The molecule has 4 nitrogen and oxygen atoms in total. The van der Waals surface area contributed by atoms with Crippen molar-refractivity contribution in [1.29, 1.82) is 0 Å². The zero-order chi connectivity index (χ0) is 12.5. The Morgan fingerprint density at radius 3 is 2.89 bits per heavy atom. The zero-order valence-corrected chi connectivity index (χ0v) is 11.9. The van der Waals surface area contributed by atoms with E-state index in [0.29, 0.717) is 16.1 Å². The van der Waals surface area contributed by atoms with Gasteiger partial charge in [-0.05, 0) is 25.5 Å². The van der Waals surface area contributed by atoms with Gasteiger partial charge in [0.25, 0.3) is 0 Å². The van der Waals surface area contributed by atoms with Crippen molar-refractivity contribution in [3.05, 3.63) is 16.1 Å². The van der Waals surface area contributed by atoms with Crippen LogP contribution in [0.3, 0.4) is 0 Å². The maximum Gasteiger partial charge on any atom is 0.130 e. The summed E-state index contributed by atoms with van der Waals surface area (Å²) in [5.74, 6) is 0. The van der Waals surface area contributed by atoms with Crippen molar-refractivity contribution in [1.82, 2.24) is 14.1 Å². The maximum atomic E-state index is 6.25. The molecule has 0 spiro atoms. The van der Waals surface area contributed by atoms with E-state index >= 15 is 0 Å². The summed E-state index contributed by atoms with van der Waals surface area (Å²) >= 11 is 13.5. The Morgan fingerprint density at radius 1 is 1.28 bits per heavy atom. The predicted octanol–water partition coefficient (Wildman–Crippen LogP) is 3.16. The first kappa shape index (κ1) is 12.4. The third-order valence-corrected chi connectivity index (χ3v) is 4.20. The smallest absolute Gasteiger partial charge is 0.130 e. The molecule has 0 bridgehead atoms.